The molecular formula is C24H19ClN4O3. The number of ether oxygens (including phenoxy) is 2. The molecule has 2 atom stereocenters. The van der Waals surface area contributed by atoms with Gasteiger partial charge in [0.1, 0.15) is 28.9 Å². The van der Waals surface area contributed by atoms with Gasteiger partial charge in [0, 0.05) is 34.7 Å². The van der Waals surface area contributed by atoms with Crippen LogP contribution >= 0.6 is 11.6 Å². The molecule has 2 aromatic heterocycles. The normalized spacial score (nSPS) is 19.2. The molecule has 0 spiro atoms. The molecule has 4 aromatic rings. The summed E-state index contributed by atoms with van der Waals surface area (Å²) in [6, 6.07) is 13.2. The number of pyridine rings is 1. The van der Waals surface area contributed by atoms with Crippen molar-refractivity contribution in [2.75, 3.05) is 5.32 Å². The monoisotopic (exact) mass is 446 g/mol. The smallest absolute Gasteiger partial charge is 0.225 e. The van der Waals surface area contributed by atoms with E-state index in [1.165, 1.54) is 0 Å². The van der Waals surface area contributed by atoms with Crippen LogP contribution in [0.4, 0.5) is 5.82 Å². The van der Waals surface area contributed by atoms with Crippen molar-refractivity contribution in [1.29, 1.82) is 0 Å². The number of amides is 1. The van der Waals surface area contributed by atoms with E-state index < -0.39 is 0 Å². The van der Waals surface area contributed by atoms with E-state index in [9.17, 15) is 4.79 Å². The molecule has 2 unspecified atom stereocenters. The fraction of sp³-hybridized carbons (Fsp3) is 0.208. The lowest BCUT2D eigenvalue weighted by Crippen LogP contribution is -2.20. The van der Waals surface area contributed by atoms with Crippen molar-refractivity contribution in [3.63, 3.8) is 0 Å². The zero-order valence-corrected chi connectivity index (χ0v) is 17.9. The van der Waals surface area contributed by atoms with Crippen LogP contribution in [0.5, 0.6) is 17.2 Å². The largest absolute Gasteiger partial charge is 0.482 e. The fourth-order valence-electron chi connectivity index (χ4n) is 4.36. The van der Waals surface area contributed by atoms with Crippen molar-refractivity contribution >= 4 is 34.4 Å². The fourth-order valence-corrected chi connectivity index (χ4v) is 4.54. The molecule has 4 heterocycles. The number of hydrogen-bond donors (Lipinski definition) is 2. The topological polar surface area (TPSA) is 89.1 Å². The Kier molecular flexibility index (Phi) is 4.33. The third kappa shape index (κ3) is 3.17. The Hall–Kier alpha value is -3.58. The van der Waals surface area contributed by atoms with E-state index in [2.05, 4.69) is 22.2 Å². The van der Waals surface area contributed by atoms with Gasteiger partial charge in [0.2, 0.25) is 5.91 Å². The van der Waals surface area contributed by atoms with Gasteiger partial charge in [-0.3, -0.25) is 4.79 Å². The van der Waals surface area contributed by atoms with E-state index in [0.29, 0.717) is 35.2 Å². The quantitative estimate of drug-likeness (QED) is 0.432. The van der Waals surface area contributed by atoms with E-state index in [1.807, 2.05) is 42.5 Å². The van der Waals surface area contributed by atoms with Gasteiger partial charge in [-0.25, -0.2) is 9.97 Å². The van der Waals surface area contributed by atoms with Gasteiger partial charge < -0.3 is 19.8 Å². The molecule has 7 nitrogen and oxygen atoms in total. The molecule has 0 fully saturated rings. The van der Waals surface area contributed by atoms with Crippen LogP contribution in [0.1, 0.15) is 42.3 Å². The number of nitrogens with zero attached hydrogens (tertiary/aromatic N) is 2. The summed E-state index contributed by atoms with van der Waals surface area (Å²) in [5.41, 5.74) is 3.71. The minimum Gasteiger partial charge on any atom is -0.482 e. The summed E-state index contributed by atoms with van der Waals surface area (Å²) >= 11 is 6.11. The molecule has 2 aromatic carbocycles. The van der Waals surface area contributed by atoms with E-state index >= 15 is 0 Å². The Labute approximate surface area is 188 Å². The predicted octanol–water partition coefficient (Wildman–Crippen LogP) is 5.53. The molecule has 8 heteroatoms. The van der Waals surface area contributed by atoms with Crippen LogP contribution in [0.3, 0.4) is 0 Å². The van der Waals surface area contributed by atoms with Crippen LogP contribution in [0, 0.1) is 0 Å². The van der Waals surface area contributed by atoms with E-state index in [-0.39, 0.29) is 17.9 Å². The molecule has 0 saturated heterocycles. The van der Waals surface area contributed by atoms with Gasteiger partial charge in [-0.05, 0) is 48.9 Å². The number of carbonyl (C=O) groups excluding carboxylic acids is 1. The molecule has 6 rings (SSSR count). The molecule has 32 heavy (non-hydrogen) atoms. The highest BCUT2D eigenvalue weighted by Crippen LogP contribution is 2.47. The summed E-state index contributed by atoms with van der Waals surface area (Å²) in [5.74, 6) is 3.62. The molecule has 2 N–H and O–H groups in total. The molecule has 2 aliphatic heterocycles. The van der Waals surface area contributed by atoms with Gasteiger partial charge in [0.15, 0.2) is 6.10 Å². The van der Waals surface area contributed by atoms with Crippen LogP contribution < -0.4 is 14.8 Å². The van der Waals surface area contributed by atoms with Gasteiger partial charge in [-0.15, -0.1) is 0 Å². The lowest BCUT2D eigenvalue weighted by Gasteiger charge is -2.19. The highest BCUT2D eigenvalue weighted by molar-refractivity contribution is 6.31. The maximum absolute atomic E-state index is 11.7. The van der Waals surface area contributed by atoms with Crippen molar-refractivity contribution in [2.24, 2.45) is 0 Å². The maximum atomic E-state index is 11.7. The average molecular weight is 447 g/mol. The molecule has 2 aliphatic rings. The van der Waals surface area contributed by atoms with Crippen molar-refractivity contribution < 1.29 is 14.3 Å². The summed E-state index contributed by atoms with van der Waals surface area (Å²) < 4.78 is 12.4. The highest BCUT2D eigenvalue weighted by Gasteiger charge is 2.35. The summed E-state index contributed by atoms with van der Waals surface area (Å²) in [4.78, 5) is 24.0. The van der Waals surface area contributed by atoms with Gasteiger partial charge >= 0.3 is 0 Å². The van der Waals surface area contributed by atoms with Gasteiger partial charge in [-0.2, -0.15) is 0 Å². The molecule has 0 saturated carbocycles. The number of nitrogens with one attached hydrogen (secondary N) is 2. The van der Waals surface area contributed by atoms with Gasteiger partial charge in [0.05, 0.1) is 11.0 Å². The zero-order valence-electron chi connectivity index (χ0n) is 17.2. The number of anilines is 1. The summed E-state index contributed by atoms with van der Waals surface area (Å²) in [5, 5.41) is 3.47. The van der Waals surface area contributed by atoms with Crippen LogP contribution in [0.15, 0.2) is 48.7 Å². The number of aromatic amines is 1. The molecule has 0 aliphatic carbocycles. The maximum Gasteiger partial charge on any atom is 0.225 e. The van der Waals surface area contributed by atoms with Crippen LogP contribution in [-0.4, -0.2) is 20.9 Å². The van der Waals surface area contributed by atoms with Gasteiger partial charge in [0.25, 0.3) is 0 Å². The Morgan fingerprint density at radius 3 is 2.97 bits per heavy atom. The van der Waals surface area contributed by atoms with Crippen LogP contribution in [0.25, 0.3) is 11.0 Å². The number of benzene rings is 2. The molecular weight excluding hydrogens is 428 g/mol. The van der Waals surface area contributed by atoms with Crippen molar-refractivity contribution in [2.45, 2.75) is 31.8 Å². The average Bonchev–Trinajstić information content (AvgIpc) is 3.34. The van der Waals surface area contributed by atoms with Gasteiger partial charge in [-0.1, -0.05) is 18.5 Å². The van der Waals surface area contributed by atoms with E-state index in [0.717, 1.165) is 33.7 Å². The lowest BCUT2D eigenvalue weighted by molar-refractivity contribution is -0.116. The van der Waals surface area contributed by atoms with Crippen molar-refractivity contribution in [3.05, 3.63) is 70.6 Å². The minimum absolute atomic E-state index is 0.0236. The van der Waals surface area contributed by atoms with Crippen LogP contribution in [-0.2, 0) is 11.2 Å². The minimum atomic E-state index is -0.227. The number of fused-ring (bicyclic) bond motifs is 3. The van der Waals surface area contributed by atoms with Crippen LogP contribution in [0.2, 0.25) is 5.02 Å². The molecule has 160 valence electrons. The first-order valence-electron chi connectivity index (χ1n) is 10.5. The Morgan fingerprint density at radius 1 is 1.16 bits per heavy atom. The van der Waals surface area contributed by atoms with Crippen molar-refractivity contribution in [1.82, 2.24) is 15.0 Å². The lowest BCUT2D eigenvalue weighted by atomic mass is 9.97. The number of halogens is 1. The first-order chi connectivity index (χ1) is 15.5. The zero-order chi connectivity index (χ0) is 21.8. The second-order valence-electron chi connectivity index (χ2n) is 8.10. The predicted molar refractivity (Wildman–Crippen MR) is 121 cm³/mol. The number of carbonyl (C=O) groups is 1. The Bertz CT molecular complexity index is 1380. The standard InChI is InChI=1S/C24H19ClN4O3/c1-12-16-11-14(31-20-8-9-26-23-15(20)4-7-21(30)29-23)3-6-19(16)32-22(12)24-27-17-5-2-13(25)10-18(17)28-24/h2-3,5-6,8-12,22H,4,7H2,1H3,(H,27,28)(H,26,29,30). The number of hydrogen-bond acceptors (Lipinski definition) is 5. The Morgan fingerprint density at radius 2 is 2.06 bits per heavy atom. The number of H-pyrrole nitrogens is 1. The third-order valence-corrected chi connectivity index (χ3v) is 6.25. The van der Waals surface area contributed by atoms with E-state index in [4.69, 9.17) is 26.1 Å². The number of imidazole rings is 1. The molecule has 0 bridgehead atoms. The van der Waals surface area contributed by atoms with E-state index in [1.54, 1.807) is 6.20 Å². The van der Waals surface area contributed by atoms with Crippen molar-refractivity contribution in [3.8, 4) is 17.2 Å². The summed E-state index contributed by atoms with van der Waals surface area (Å²) in [6.07, 6.45) is 2.44. The molecule has 0 radical (unpaired) electrons. The second-order valence-corrected chi connectivity index (χ2v) is 8.53. The highest BCUT2D eigenvalue weighted by atomic mass is 35.5. The first kappa shape index (κ1) is 19.1. The number of aromatic nitrogens is 3. The summed E-state index contributed by atoms with van der Waals surface area (Å²) in [6.45, 7) is 2.12. The molecule has 1 amide bonds. The second kappa shape index (κ2) is 7.24. The SMILES string of the molecule is CC1c2cc(Oc3ccnc4c3CCC(=O)N4)ccc2OC1c1nc2ccc(Cl)cc2[nH]1. The Balaban J connectivity index is 1.28. The third-order valence-electron chi connectivity index (χ3n) is 6.01. The first-order valence-corrected chi connectivity index (χ1v) is 10.8. The number of rotatable bonds is 3. The summed E-state index contributed by atoms with van der Waals surface area (Å²) in [7, 11) is 0.